The second-order valence-electron chi connectivity index (χ2n) is 5.64. The van der Waals surface area contributed by atoms with Gasteiger partial charge in [-0.1, -0.05) is 18.2 Å². The first-order valence-electron chi connectivity index (χ1n) is 8.21. The second-order valence-corrected chi connectivity index (χ2v) is 5.64. The van der Waals surface area contributed by atoms with Gasteiger partial charge in [-0.2, -0.15) is 5.10 Å². The first kappa shape index (κ1) is 18.9. The van der Waals surface area contributed by atoms with Crippen LogP contribution in [-0.2, 0) is 9.53 Å². The lowest BCUT2D eigenvalue weighted by Crippen LogP contribution is -2.13. The van der Waals surface area contributed by atoms with Crippen LogP contribution >= 0.6 is 0 Å². The molecule has 1 aromatic heterocycles. The van der Waals surface area contributed by atoms with Crippen molar-refractivity contribution in [1.82, 2.24) is 10.2 Å². The number of nitro groups is 1. The van der Waals surface area contributed by atoms with Gasteiger partial charge in [0.1, 0.15) is 0 Å². The fourth-order valence-electron chi connectivity index (χ4n) is 2.68. The summed E-state index contributed by atoms with van der Waals surface area (Å²) in [7, 11) is 2.51. The fraction of sp³-hybridized carbons (Fsp3) is 0.158. The van der Waals surface area contributed by atoms with E-state index in [0.29, 0.717) is 11.3 Å². The topological polar surface area (TPSA) is 117 Å². The third-order valence-corrected chi connectivity index (χ3v) is 4.01. The molecule has 0 saturated heterocycles. The smallest absolute Gasteiger partial charge is 0.343 e. The fourth-order valence-corrected chi connectivity index (χ4v) is 2.68. The van der Waals surface area contributed by atoms with Crippen molar-refractivity contribution in [2.75, 3.05) is 20.8 Å². The minimum Gasteiger partial charge on any atom is -0.488 e. The minimum absolute atomic E-state index is 0.0713. The normalized spacial score (nSPS) is 10.9. The number of rotatable bonds is 7. The quantitative estimate of drug-likeness (QED) is 0.378. The number of methoxy groups -OCH3 is 2. The van der Waals surface area contributed by atoms with Gasteiger partial charge in [-0.05, 0) is 30.4 Å². The molecule has 0 aliphatic rings. The van der Waals surface area contributed by atoms with E-state index in [2.05, 4.69) is 14.9 Å². The summed E-state index contributed by atoms with van der Waals surface area (Å²) in [5, 5.41) is 19.7. The molecule has 28 heavy (non-hydrogen) atoms. The molecule has 9 heteroatoms. The zero-order chi connectivity index (χ0) is 20.1. The predicted octanol–water partition coefficient (Wildman–Crippen LogP) is 3.20. The average molecular weight is 383 g/mol. The molecule has 3 rings (SSSR count). The number of hydrogen-bond acceptors (Lipinski definition) is 7. The van der Waals surface area contributed by atoms with Gasteiger partial charge in [-0.25, -0.2) is 4.79 Å². The summed E-state index contributed by atoms with van der Waals surface area (Å²) in [5.41, 5.74) is 1.54. The third kappa shape index (κ3) is 3.78. The van der Waals surface area contributed by atoms with Gasteiger partial charge in [0.15, 0.2) is 12.4 Å². The molecule has 1 N–H and O–H groups in total. The Kier molecular flexibility index (Phi) is 5.54. The lowest BCUT2D eigenvalue weighted by atomic mass is 10.1. The summed E-state index contributed by atoms with van der Waals surface area (Å²) in [6.07, 6.45) is 3.25. The van der Waals surface area contributed by atoms with Crippen LogP contribution < -0.4 is 9.47 Å². The number of benzene rings is 2. The number of hydrogen-bond donors (Lipinski definition) is 1. The number of nitro benzene ring substituents is 1. The van der Waals surface area contributed by atoms with Crippen molar-refractivity contribution in [3.8, 4) is 11.5 Å². The van der Waals surface area contributed by atoms with E-state index >= 15 is 0 Å². The highest BCUT2D eigenvalue weighted by Gasteiger charge is 2.24. The second kappa shape index (κ2) is 8.21. The zero-order valence-corrected chi connectivity index (χ0v) is 15.2. The molecular weight excluding hydrogens is 366 g/mol. The summed E-state index contributed by atoms with van der Waals surface area (Å²) in [4.78, 5) is 22.3. The Bertz CT molecular complexity index is 1060. The first-order chi connectivity index (χ1) is 13.5. The van der Waals surface area contributed by atoms with E-state index in [4.69, 9.17) is 9.47 Å². The van der Waals surface area contributed by atoms with Gasteiger partial charge in [0.2, 0.25) is 5.75 Å². The highest BCUT2D eigenvalue weighted by molar-refractivity contribution is 5.90. The van der Waals surface area contributed by atoms with Gasteiger partial charge in [0.05, 0.1) is 35.9 Å². The Hall–Kier alpha value is -3.88. The molecule has 1 heterocycles. The monoisotopic (exact) mass is 383 g/mol. The van der Waals surface area contributed by atoms with E-state index < -0.39 is 17.5 Å². The van der Waals surface area contributed by atoms with Crippen molar-refractivity contribution in [3.63, 3.8) is 0 Å². The minimum atomic E-state index is -0.612. The van der Waals surface area contributed by atoms with E-state index in [9.17, 15) is 14.9 Å². The van der Waals surface area contributed by atoms with Crippen LogP contribution in [0.25, 0.3) is 23.1 Å². The van der Waals surface area contributed by atoms with Crippen molar-refractivity contribution < 1.29 is 23.9 Å². The van der Waals surface area contributed by atoms with E-state index in [0.717, 1.165) is 10.9 Å². The average Bonchev–Trinajstić information content (AvgIpc) is 3.13. The van der Waals surface area contributed by atoms with Crippen LogP contribution in [0.1, 0.15) is 11.3 Å². The van der Waals surface area contributed by atoms with Crippen LogP contribution in [0.3, 0.4) is 0 Å². The molecule has 0 bridgehead atoms. The zero-order valence-electron chi connectivity index (χ0n) is 15.2. The van der Waals surface area contributed by atoms with Crippen molar-refractivity contribution in [1.29, 1.82) is 0 Å². The van der Waals surface area contributed by atoms with Crippen LogP contribution in [0.2, 0.25) is 0 Å². The molecule has 0 fully saturated rings. The SMILES string of the molecule is COC(=O)COc1ccc(C=Cc2n[nH]c3ccccc23)c([N+](=O)[O-])c1OC. The molecule has 2 aromatic carbocycles. The lowest BCUT2D eigenvalue weighted by Gasteiger charge is -2.11. The molecule has 0 aliphatic heterocycles. The summed E-state index contributed by atoms with van der Waals surface area (Å²) in [5.74, 6) is -0.621. The molecule has 0 amide bonds. The highest BCUT2D eigenvalue weighted by Crippen LogP contribution is 2.40. The molecule has 0 unspecified atom stereocenters. The lowest BCUT2D eigenvalue weighted by molar-refractivity contribution is -0.386. The molecule has 144 valence electrons. The third-order valence-electron chi connectivity index (χ3n) is 4.01. The summed E-state index contributed by atoms with van der Waals surface area (Å²) in [6.45, 7) is -0.390. The highest BCUT2D eigenvalue weighted by atomic mass is 16.6. The summed E-state index contributed by atoms with van der Waals surface area (Å²) < 4.78 is 15.0. The maximum absolute atomic E-state index is 11.6. The molecule has 0 spiro atoms. The molecule has 0 radical (unpaired) electrons. The summed E-state index contributed by atoms with van der Waals surface area (Å²) >= 11 is 0. The number of carbonyl (C=O) groups excluding carboxylic acids is 1. The van der Waals surface area contributed by atoms with Crippen molar-refractivity contribution in [2.45, 2.75) is 0 Å². The number of aromatic nitrogens is 2. The number of para-hydroxylation sites is 1. The number of nitrogens with one attached hydrogen (secondary N) is 1. The molecule has 3 aromatic rings. The van der Waals surface area contributed by atoms with Crippen molar-refractivity contribution in [3.05, 3.63) is 57.8 Å². The first-order valence-corrected chi connectivity index (χ1v) is 8.21. The molecule has 0 aliphatic carbocycles. The Morgan fingerprint density at radius 1 is 1.21 bits per heavy atom. The van der Waals surface area contributed by atoms with Gasteiger partial charge in [0, 0.05) is 5.39 Å². The Morgan fingerprint density at radius 2 is 2.00 bits per heavy atom. The number of esters is 1. The van der Waals surface area contributed by atoms with Gasteiger partial charge in [-0.15, -0.1) is 0 Å². The molecule has 0 atom stereocenters. The van der Waals surface area contributed by atoms with Crippen molar-refractivity contribution in [2.24, 2.45) is 0 Å². The van der Waals surface area contributed by atoms with Gasteiger partial charge in [0.25, 0.3) is 0 Å². The largest absolute Gasteiger partial charge is 0.488 e. The number of fused-ring (bicyclic) bond motifs is 1. The van der Waals surface area contributed by atoms with Gasteiger partial charge in [-0.3, -0.25) is 15.2 Å². The van der Waals surface area contributed by atoms with Gasteiger partial charge < -0.3 is 14.2 Å². The summed E-state index contributed by atoms with van der Waals surface area (Å²) in [6, 6.07) is 10.6. The van der Waals surface area contributed by atoms with E-state index in [1.165, 1.54) is 26.4 Å². The Morgan fingerprint density at radius 3 is 2.71 bits per heavy atom. The van der Waals surface area contributed by atoms with Crippen LogP contribution in [0.5, 0.6) is 11.5 Å². The van der Waals surface area contributed by atoms with Crippen LogP contribution in [0, 0.1) is 10.1 Å². The van der Waals surface area contributed by atoms with E-state index in [1.54, 1.807) is 12.2 Å². The maximum Gasteiger partial charge on any atom is 0.343 e. The molecular formula is C19H17N3O6. The predicted molar refractivity (Wildman–Crippen MR) is 102 cm³/mol. The number of H-pyrrole nitrogens is 1. The number of nitrogens with zero attached hydrogens (tertiary/aromatic N) is 2. The Labute approximate surface area is 159 Å². The number of aromatic amines is 1. The number of ether oxygens (including phenoxy) is 3. The van der Waals surface area contributed by atoms with E-state index in [1.807, 2.05) is 24.3 Å². The van der Waals surface area contributed by atoms with Crippen molar-refractivity contribution >= 4 is 34.7 Å². The number of carbonyl (C=O) groups is 1. The maximum atomic E-state index is 11.6. The molecule has 9 nitrogen and oxygen atoms in total. The van der Waals surface area contributed by atoms with Gasteiger partial charge >= 0.3 is 11.7 Å². The Balaban J connectivity index is 1.98. The van der Waals surface area contributed by atoms with E-state index in [-0.39, 0.29) is 17.2 Å². The molecule has 0 saturated carbocycles. The standard InChI is InChI=1S/C19H17N3O6/c1-26-17(23)11-28-16-10-8-12(18(22(24)25)19(16)27-2)7-9-15-13-5-3-4-6-14(13)20-21-15/h3-10H,11H2,1-2H3,(H,20,21). The van der Waals surface area contributed by atoms with Crippen LogP contribution in [-0.4, -0.2) is 41.9 Å². The van der Waals surface area contributed by atoms with Crippen LogP contribution in [0.4, 0.5) is 5.69 Å². The van der Waals surface area contributed by atoms with Crippen LogP contribution in [0.15, 0.2) is 36.4 Å².